The summed E-state index contributed by atoms with van der Waals surface area (Å²) in [5.41, 5.74) is 12.8. The van der Waals surface area contributed by atoms with Crippen LogP contribution in [0.1, 0.15) is 30.5 Å². The van der Waals surface area contributed by atoms with E-state index in [1.165, 1.54) is 0 Å². The quantitative estimate of drug-likeness (QED) is 0.138. The maximum atomic E-state index is 13.0. The number of aliphatic hydroxyl groups excluding tert-OH is 1. The third-order valence-electron chi connectivity index (χ3n) is 10.2. The van der Waals surface area contributed by atoms with E-state index in [-0.39, 0.29) is 30.4 Å². The van der Waals surface area contributed by atoms with Gasteiger partial charge in [-0.05, 0) is 49.1 Å². The van der Waals surface area contributed by atoms with E-state index in [1.807, 2.05) is 53.9 Å². The molecule has 0 aliphatic carbocycles. The van der Waals surface area contributed by atoms with Crippen molar-refractivity contribution in [3.8, 4) is 27.4 Å². The average molecular weight is 761 g/mol. The van der Waals surface area contributed by atoms with Gasteiger partial charge in [-0.15, -0.1) is 21.5 Å². The minimum Gasteiger partial charge on any atom is -0.507 e. The highest BCUT2D eigenvalue weighted by Gasteiger charge is 2.41. The van der Waals surface area contributed by atoms with Crippen LogP contribution in [0.3, 0.4) is 0 Å². The summed E-state index contributed by atoms with van der Waals surface area (Å²) in [6.45, 7) is 7.30. The molecule has 7 rings (SSSR count). The van der Waals surface area contributed by atoms with E-state index in [1.54, 1.807) is 34.6 Å². The molecule has 0 radical (unpaired) electrons. The zero-order chi connectivity index (χ0) is 37.5. The van der Waals surface area contributed by atoms with Crippen molar-refractivity contribution in [2.75, 3.05) is 76.4 Å². The molecule has 5 heterocycles. The molecule has 3 aliphatic heterocycles. The maximum absolute atomic E-state index is 13.0. The molecular formula is C38H48N8O7S. The van der Waals surface area contributed by atoms with Crippen LogP contribution in [0.25, 0.3) is 21.7 Å². The van der Waals surface area contributed by atoms with Crippen LogP contribution in [-0.4, -0.2) is 125 Å². The number of amides is 1. The highest BCUT2D eigenvalue weighted by Crippen LogP contribution is 2.36. The number of aliphatic hydroxyl groups is 1. The van der Waals surface area contributed by atoms with Crippen molar-refractivity contribution in [2.45, 2.75) is 50.5 Å². The standard InChI is InChI=1S/C38H48N8O7S/c1-26-35(54-25-41-26)28-8-6-27(7-9-28)22-40-37(49)33-20-29(47)23-46(33)53-19-17-50-16-18-52-45-14-15-51-38(24-45)10-12-44(13-11-38)32-21-31(42-43-36(32)39)30-4-2-3-5-34(30)48/h2-9,21,25,29,33,47-48H,10-20,22-24H2,1H3,(H2,39,43)(H,40,49)/t29-,33+/m1/s1. The first-order valence-electron chi connectivity index (χ1n) is 18.4. The van der Waals surface area contributed by atoms with Gasteiger partial charge < -0.3 is 35.6 Å². The summed E-state index contributed by atoms with van der Waals surface area (Å²) in [6, 6.07) is 16.4. The second-order valence-electron chi connectivity index (χ2n) is 13.9. The first-order valence-corrected chi connectivity index (χ1v) is 19.3. The summed E-state index contributed by atoms with van der Waals surface area (Å²) in [5, 5.41) is 35.5. The molecule has 5 N–H and O–H groups in total. The number of benzene rings is 2. The second kappa shape index (κ2) is 17.5. The Balaban J connectivity index is 0.793. The number of nitrogens with zero attached hydrogens (tertiary/aromatic N) is 6. The number of carbonyl (C=O) groups is 1. The Kier molecular flexibility index (Phi) is 12.3. The van der Waals surface area contributed by atoms with Crippen molar-refractivity contribution in [3.05, 3.63) is 71.4 Å². The number of phenols is 1. The van der Waals surface area contributed by atoms with Crippen LogP contribution in [0, 0.1) is 6.92 Å². The number of anilines is 2. The molecule has 16 heteroatoms. The number of carbonyl (C=O) groups excluding carboxylic acids is 1. The lowest BCUT2D eigenvalue weighted by molar-refractivity contribution is -0.248. The topological polar surface area (TPSA) is 181 Å². The Bertz CT molecular complexity index is 1860. The number of hydroxylamine groups is 4. The molecule has 0 unspecified atom stereocenters. The predicted octanol–water partition coefficient (Wildman–Crippen LogP) is 3.17. The Morgan fingerprint density at radius 2 is 1.83 bits per heavy atom. The number of aromatic nitrogens is 3. The third kappa shape index (κ3) is 9.15. The fourth-order valence-electron chi connectivity index (χ4n) is 7.21. The van der Waals surface area contributed by atoms with Crippen LogP contribution >= 0.6 is 11.3 Å². The van der Waals surface area contributed by atoms with E-state index in [0.717, 1.165) is 53.3 Å². The zero-order valence-electron chi connectivity index (χ0n) is 30.4. The lowest BCUT2D eigenvalue weighted by Gasteiger charge is -2.47. The number of thiazole rings is 1. The summed E-state index contributed by atoms with van der Waals surface area (Å²) in [4.78, 5) is 32.6. The van der Waals surface area contributed by atoms with Crippen molar-refractivity contribution in [1.29, 1.82) is 0 Å². The number of morpholine rings is 1. The van der Waals surface area contributed by atoms with Gasteiger partial charge in [-0.1, -0.05) is 36.4 Å². The summed E-state index contributed by atoms with van der Waals surface area (Å²) in [7, 11) is 0. The summed E-state index contributed by atoms with van der Waals surface area (Å²) in [6.07, 6.45) is 1.24. The third-order valence-corrected chi connectivity index (χ3v) is 11.1. The molecule has 15 nitrogen and oxygen atoms in total. The number of ether oxygens (including phenoxy) is 2. The number of hydrogen-bond donors (Lipinski definition) is 4. The van der Waals surface area contributed by atoms with Crippen LogP contribution in [0.4, 0.5) is 11.5 Å². The maximum Gasteiger partial charge on any atom is 0.240 e. The number of aryl methyl sites for hydroxylation is 1. The Labute approximate surface area is 318 Å². The van der Waals surface area contributed by atoms with Crippen molar-refractivity contribution in [3.63, 3.8) is 0 Å². The number of phenolic OH excluding ortho intramolecular Hbond substituents is 1. The van der Waals surface area contributed by atoms with E-state index in [2.05, 4.69) is 25.4 Å². The van der Waals surface area contributed by atoms with Gasteiger partial charge in [-0.3, -0.25) is 14.5 Å². The Morgan fingerprint density at radius 3 is 2.59 bits per heavy atom. The van der Waals surface area contributed by atoms with Gasteiger partial charge in [0.1, 0.15) is 11.8 Å². The number of β-amino-alcohol motifs (C(OH)–C–C–N with tert-alkyl or cyclic N) is 1. The molecule has 2 atom stereocenters. The number of rotatable bonds is 14. The number of aromatic hydroxyl groups is 1. The highest BCUT2D eigenvalue weighted by atomic mass is 32.1. The van der Waals surface area contributed by atoms with Gasteiger partial charge in [0.25, 0.3) is 0 Å². The summed E-state index contributed by atoms with van der Waals surface area (Å²) < 4.78 is 12.1. The van der Waals surface area contributed by atoms with Crippen molar-refractivity contribution < 1.29 is 34.2 Å². The first kappa shape index (κ1) is 38.0. The Morgan fingerprint density at radius 1 is 1.06 bits per heavy atom. The van der Waals surface area contributed by atoms with E-state index < -0.39 is 12.1 Å². The molecular weight excluding hydrogens is 713 g/mol. The first-order chi connectivity index (χ1) is 26.3. The van der Waals surface area contributed by atoms with Crippen molar-refractivity contribution >= 4 is 28.7 Å². The molecule has 2 aromatic heterocycles. The fraction of sp³-hybridized carbons (Fsp3) is 0.474. The minimum atomic E-state index is -0.644. The number of hydrogen-bond acceptors (Lipinski definition) is 15. The molecule has 0 bridgehead atoms. The second-order valence-corrected chi connectivity index (χ2v) is 14.7. The van der Waals surface area contributed by atoms with E-state index in [4.69, 9.17) is 24.9 Å². The largest absolute Gasteiger partial charge is 0.507 e. The summed E-state index contributed by atoms with van der Waals surface area (Å²) in [5.74, 6) is 0.309. The van der Waals surface area contributed by atoms with Gasteiger partial charge in [0, 0.05) is 38.2 Å². The normalized spacial score (nSPS) is 20.4. The average Bonchev–Trinajstić information content (AvgIpc) is 3.79. The molecule has 3 fully saturated rings. The number of nitrogens with one attached hydrogen (secondary N) is 1. The minimum absolute atomic E-state index is 0.143. The van der Waals surface area contributed by atoms with Gasteiger partial charge in [-0.25, -0.2) is 4.98 Å². The number of piperidine rings is 1. The molecule has 2 aromatic carbocycles. The van der Waals surface area contributed by atoms with Crippen LogP contribution < -0.4 is 16.0 Å². The lowest BCUT2D eigenvalue weighted by Crippen LogP contribution is -2.57. The van der Waals surface area contributed by atoms with Gasteiger partial charge in [0.15, 0.2) is 5.82 Å². The van der Waals surface area contributed by atoms with Crippen LogP contribution in [-0.2, 0) is 30.5 Å². The Hall–Kier alpha value is -4.26. The number of nitrogens with two attached hydrogens (primary N) is 1. The fourth-order valence-corrected chi connectivity index (χ4v) is 8.02. The number of nitrogen functional groups attached to an aromatic ring is 1. The van der Waals surface area contributed by atoms with E-state index in [0.29, 0.717) is 69.6 Å². The van der Waals surface area contributed by atoms with Crippen LogP contribution in [0.5, 0.6) is 5.75 Å². The summed E-state index contributed by atoms with van der Waals surface area (Å²) >= 11 is 1.61. The van der Waals surface area contributed by atoms with Crippen LogP contribution in [0.15, 0.2) is 60.1 Å². The molecule has 1 spiro atoms. The molecule has 54 heavy (non-hydrogen) atoms. The zero-order valence-corrected chi connectivity index (χ0v) is 31.2. The molecule has 1 amide bonds. The smallest absolute Gasteiger partial charge is 0.240 e. The highest BCUT2D eigenvalue weighted by molar-refractivity contribution is 7.13. The van der Waals surface area contributed by atoms with Crippen LogP contribution in [0.2, 0.25) is 0 Å². The molecule has 3 aliphatic rings. The molecule has 288 valence electrons. The van der Waals surface area contributed by atoms with Crippen molar-refractivity contribution in [2.24, 2.45) is 0 Å². The molecule has 3 saturated heterocycles. The monoisotopic (exact) mass is 760 g/mol. The molecule has 4 aromatic rings. The van der Waals surface area contributed by atoms with E-state index >= 15 is 0 Å². The number of para-hydroxylation sites is 1. The SMILES string of the molecule is Cc1ncsc1-c1ccc(CNC(=O)[C@@H]2C[C@@H](O)CN2OCCOCCON2CCOC3(CCN(c4cc(-c5ccccc5O)nnc4N)CC3)C2)cc1. The molecule has 0 saturated carbocycles. The van der Waals surface area contributed by atoms with Gasteiger partial charge in [-0.2, -0.15) is 10.1 Å². The van der Waals surface area contributed by atoms with Gasteiger partial charge in [0.05, 0.1) is 85.3 Å². The predicted molar refractivity (Wildman–Crippen MR) is 203 cm³/mol. The lowest BCUT2D eigenvalue weighted by atomic mass is 9.89. The van der Waals surface area contributed by atoms with Gasteiger partial charge >= 0.3 is 0 Å². The van der Waals surface area contributed by atoms with Gasteiger partial charge in [0.2, 0.25) is 5.91 Å². The van der Waals surface area contributed by atoms with E-state index in [9.17, 15) is 15.0 Å². The van der Waals surface area contributed by atoms with Crippen molar-refractivity contribution in [1.82, 2.24) is 30.6 Å².